The maximum absolute atomic E-state index is 10.00. The Balaban J connectivity index is 1.80. The van der Waals surface area contributed by atoms with Gasteiger partial charge in [-0.2, -0.15) is 0 Å². The van der Waals surface area contributed by atoms with Crippen LogP contribution in [0.3, 0.4) is 0 Å². The van der Waals surface area contributed by atoms with Crippen LogP contribution in [-0.2, 0) is 0 Å². The molecule has 0 amide bonds. The van der Waals surface area contributed by atoms with E-state index in [4.69, 9.17) is 5.73 Å². The van der Waals surface area contributed by atoms with E-state index in [1.807, 2.05) is 6.92 Å². The van der Waals surface area contributed by atoms with Crippen molar-refractivity contribution in [3.8, 4) is 0 Å². The van der Waals surface area contributed by atoms with Crippen molar-refractivity contribution in [3.05, 3.63) is 28.2 Å². The van der Waals surface area contributed by atoms with E-state index in [9.17, 15) is 5.11 Å². The molecule has 1 aliphatic carbocycles. The van der Waals surface area contributed by atoms with Crippen molar-refractivity contribution in [2.45, 2.75) is 31.9 Å². The minimum Gasteiger partial charge on any atom is -0.393 e. The molecule has 2 fully saturated rings. The molecule has 4 heteroatoms. The minimum atomic E-state index is -0.0999. The van der Waals surface area contributed by atoms with E-state index in [1.54, 1.807) is 0 Å². The summed E-state index contributed by atoms with van der Waals surface area (Å²) >= 11 is 3.66. The van der Waals surface area contributed by atoms with Gasteiger partial charge in [-0.1, -0.05) is 6.07 Å². The average molecular weight is 325 g/mol. The van der Waals surface area contributed by atoms with E-state index in [2.05, 4.69) is 39.0 Å². The van der Waals surface area contributed by atoms with Crippen LogP contribution in [0.2, 0.25) is 0 Å². The molecule has 104 valence electrons. The van der Waals surface area contributed by atoms with Crippen LogP contribution in [0.25, 0.3) is 0 Å². The van der Waals surface area contributed by atoms with E-state index in [1.165, 1.54) is 5.69 Å². The van der Waals surface area contributed by atoms with Crippen molar-refractivity contribution >= 4 is 21.6 Å². The van der Waals surface area contributed by atoms with Gasteiger partial charge in [0.1, 0.15) is 0 Å². The van der Waals surface area contributed by atoms with Crippen LogP contribution in [-0.4, -0.2) is 24.3 Å². The SMILES string of the molecule is CC(N)c1ccc(N2CC3CCC(O)C3C2)c(Br)c1. The molecule has 1 heterocycles. The summed E-state index contributed by atoms with van der Waals surface area (Å²) in [5.41, 5.74) is 8.29. The number of rotatable bonds is 2. The van der Waals surface area contributed by atoms with Gasteiger partial charge in [0.2, 0.25) is 0 Å². The molecule has 0 radical (unpaired) electrons. The number of hydrogen-bond acceptors (Lipinski definition) is 3. The van der Waals surface area contributed by atoms with Crippen LogP contribution >= 0.6 is 15.9 Å². The molecular weight excluding hydrogens is 304 g/mol. The third kappa shape index (κ3) is 2.41. The Labute approximate surface area is 122 Å². The van der Waals surface area contributed by atoms with Crippen molar-refractivity contribution < 1.29 is 5.11 Å². The zero-order valence-electron chi connectivity index (χ0n) is 11.2. The van der Waals surface area contributed by atoms with Crippen LogP contribution in [0.4, 0.5) is 5.69 Å². The molecule has 1 saturated heterocycles. The zero-order valence-corrected chi connectivity index (χ0v) is 12.8. The van der Waals surface area contributed by atoms with Crippen molar-refractivity contribution in [3.63, 3.8) is 0 Å². The highest BCUT2D eigenvalue weighted by atomic mass is 79.9. The number of nitrogens with two attached hydrogens (primary N) is 1. The Hall–Kier alpha value is -0.580. The minimum absolute atomic E-state index is 0.0603. The van der Waals surface area contributed by atoms with E-state index in [-0.39, 0.29) is 12.1 Å². The highest BCUT2D eigenvalue weighted by Crippen LogP contribution is 2.41. The average Bonchev–Trinajstić information content (AvgIpc) is 2.92. The van der Waals surface area contributed by atoms with Gasteiger partial charge in [-0.25, -0.2) is 0 Å². The maximum atomic E-state index is 10.00. The van der Waals surface area contributed by atoms with Gasteiger partial charge < -0.3 is 15.7 Å². The molecule has 1 aromatic rings. The molecule has 4 atom stereocenters. The van der Waals surface area contributed by atoms with Gasteiger partial charge >= 0.3 is 0 Å². The molecule has 0 bridgehead atoms. The summed E-state index contributed by atoms with van der Waals surface area (Å²) in [5, 5.41) is 10.00. The predicted octanol–water partition coefficient (Wildman–Crippen LogP) is 2.68. The van der Waals surface area contributed by atoms with Crippen molar-refractivity contribution in [1.29, 1.82) is 0 Å². The molecule has 3 nitrogen and oxygen atoms in total. The summed E-state index contributed by atoms with van der Waals surface area (Å²) in [4.78, 5) is 2.40. The number of halogens is 1. The number of aliphatic hydroxyl groups is 1. The van der Waals surface area contributed by atoms with Gasteiger partial charge in [0.25, 0.3) is 0 Å². The van der Waals surface area contributed by atoms with Gasteiger partial charge in [0.05, 0.1) is 11.8 Å². The molecule has 19 heavy (non-hydrogen) atoms. The third-order valence-corrected chi connectivity index (χ3v) is 5.29. The second-order valence-electron chi connectivity index (χ2n) is 5.97. The molecule has 0 spiro atoms. The molecule has 3 rings (SSSR count). The summed E-state index contributed by atoms with van der Waals surface area (Å²) in [7, 11) is 0. The molecular formula is C15H21BrN2O. The Morgan fingerprint density at radius 2 is 2.16 bits per heavy atom. The van der Waals surface area contributed by atoms with E-state index in [0.29, 0.717) is 11.8 Å². The second-order valence-corrected chi connectivity index (χ2v) is 6.83. The van der Waals surface area contributed by atoms with Crippen LogP contribution in [0.5, 0.6) is 0 Å². The predicted molar refractivity (Wildman–Crippen MR) is 81.2 cm³/mol. The molecule has 2 aliphatic rings. The van der Waals surface area contributed by atoms with Crippen molar-refractivity contribution in [2.24, 2.45) is 17.6 Å². The maximum Gasteiger partial charge on any atom is 0.0588 e. The number of anilines is 1. The van der Waals surface area contributed by atoms with Crippen LogP contribution in [0.15, 0.2) is 22.7 Å². The van der Waals surface area contributed by atoms with Crippen LogP contribution in [0.1, 0.15) is 31.4 Å². The smallest absolute Gasteiger partial charge is 0.0588 e. The first-order chi connectivity index (χ1) is 9.06. The van der Waals surface area contributed by atoms with E-state index < -0.39 is 0 Å². The molecule has 1 aliphatic heterocycles. The van der Waals surface area contributed by atoms with Crippen LogP contribution in [0, 0.1) is 11.8 Å². The van der Waals surface area contributed by atoms with Gasteiger partial charge in [-0.05, 0) is 59.3 Å². The first kappa shape index (κ1) is 13.4. The summed E-state index contributed by atoms with van der Waals surface area (Å²) < 4.78 is 1.11. The van der Waals surface area contributed by atoms with E-state index >= 15 is 0 Å². The number of nitrogens with zero attached hydrogens (tertiary/aromatic N) is 1. The lowest BCUT2D eigenvalue weighted by molar-refractivity contribution is 0.133. The summed E-state index contributed by atoms with van der Waals surface area (Å²) in [6.45, 7) is 4.04. The first-order valence-electron chi connectivity index (χ1n) is 7.04. The van der Waals surface area contributed by atoms with Gasteiger partial charge in [0, 0.05) is 29.5 Å². The molecule has 1 saturated carbocycles. The quantitative estimate of drug-likeness (QED) is 0.879. The lowest BCUT2D eigenvalue weighted by Crippen LogP contribution is -2.24. The highest BCUT2D eigenvalue weighted by molar-refractivity contribution is 9.10. The largest absolute Gasteiger partial charge is 0.393 e. The summed E-state index contributed by atoms with van der Waals surface area (Å²) in [6.07, 6.45) is 2.04. The summed E-state index contributed by atoms with van der Waals surface area (Å²) in [5.74, 6) is 1.12. The van der Waals surface area contributed by atoms with Crippen molar-refractivity contribution in [1.82, 2.24) is 0 Å². The molecule has 0 aromatic heterocycles. The number of benzene rings is 1. The fourth-order valence-corrected chi connectivity index (χ4v) is 4.14. The molecule has 3 N–H and O–H groups in total. The Morgan fingerprint density at radius 3 is 2.79 bits per heavy atom. The summed E-state index contributed by atoms with van der Waals surface area (Å²) in [6, 6.07) is 6.43. The molecule has 1 aromatic carbocycles. The fraction of sp³-hybridized carbons (Fsp3) is 0.600. The number of fused-ring (bicyclic) bond motifs is 1. The zero-order chi connectivity index (χ0) is 13.6. The highest BCUT2D eigenvalue weighted by Gasteiger charge is 2.42. The standard InChI is InChI=1S/C15H21BrN2O/c1-9(17)10-2-4-14(13(16)6-10)18-7-11-3-5-15(19)12(11)8-18/h2,4,6,9,11-12,15,19H,3,5,7-8,17H2,1H3. The van der Waals surface area contributed by atoms with Gasteiger partial charge in [0.15, 0.2) is 0 Å². The topological polar surface area (TPSA) is 49.5 Å². The monoisotopic (exact) mass is 324 g/mol. The molecule has 4 unspecified atom stereocenters. The first-order valence-corrected chi connectivity index (χ1v) is 7.83. The Kier molecular flexibility index (Phi) is 3.58. The van der Waals surface area contributed by atoms with E-state index in [0.717, 1.165) is 36.0 Å². The second kappa shape index (κ2) is 5.08. The number of hydrogen-bond donors (Lipinski definition) is 2. The normalized spacial score (nSPS) is 31.6. The number of aliphatic hydroxyl groups excluding tert-OH is 1. The van der Waals surface area contributed by atoms with Crippen molar-refractivity contribution in [2.75, 3.05) is 18.0 Å². The fourth-order valence-electron chi connectivity index (χ4n) is 3.50. The Bertz CT molecular complexity index is 477. The third-order valence-electron chi connectivity index (χ3n) is 4.66. The lowest BCUT2D eigenvalue weighted by Gasteiger charge is -2.22. The van der Waals surface area contributed by atoms with Gasteiger partial charge in [-0.15, -0.1) is 0 Å². The Morgan fingerprint density at radius 1 is 1.37 bits per heavy atom. The van der Waals surface area contributed by atoms with Crippen LogP contribution < -0.4 is 10.6 Å². The lowest BCUT2D eigenvalue weighted by atomic mass is 10.00. The van der Waals surface area contributed by atoms with Gasteiger partial charge in [-0.3, -0.25) is 0 Å².